The number of aliphatic carboxylic acids is 1. The Morgan fingerprint density at radius 2 is 1.75 bits per heavy atom. The van der Waals surface area contributed by atoms with E-state index >= 15 is 0 Å². The molecule has 8 heteroatoms. The van der Waals surface area contributed by atoms with Crippen LogP contribution in [0.2, 0.25) is 0 Å². The van der Waals surface area contributed by atoms with Crippen molar-refractivity contribution in [2.45, 2.75) is 19.1 Å². The molecule has 1 unspecified atom stereocenters. The largest absolute Gasteiger partial charge is 0.480 e. The molecule has 0 heterocycles. The Labute approximate surface area is 111 Å². The van der Waals surface area contributed by atoms with Gasteiger partial charge in [-0.15, -0.1) is 0 Å². The maximum Gasteiger partial charge on any atom is 0.401 e. The van der Waals surface area contributed by atoms with Crippen molar-refractivity contribution >= 4 is 5.97 Å². The van der Waals surface area contributed by atoms with Crippen LogP contribution in [-0.4, -0.2) is 35.2 Å². The summed E-state index contributed by atoms with van der Waals surface area (Å²) >= 11 is 0. The summed E-state index contributed by atoms with van der Waals surface area (Å²) in [7, 11) is 0. The minimum absolute atomic E-state index is 0.0620. The fourth-order valence-corrected chi connectivity index (χ4v) is 1.76. The highest BCUT2D eigenvalue weighted by molar-refractivity contribution is 5.69. The molecule has 0 bridgehead atoms. The van der Waals surface area contributed by atoms with E-state index in [2.05, 4.69) is 0 Å². The first-order valence-corrected chi connectivity index (χ1v) is 5.57. The van der Waals surface area contributed by atoms with Crippen molar-refractivity contribution in [3.8, 4) is 0 Å². The lowest BCUT2D eigenvalue weighted by Crippen LogP contribution is -2.39. The lowest BCUT2D eigenvalue weighted by Gasteiger charge is -2.28. The molecule has 1 N–H and O–H groups in total. The van der Waals surface area contributed by atoms with Gasteiger partial charge in [-0.25, -0.2) is 8.78 Å². The Kier molecular flexibility index (Phi) is 5.04. The summed E-state index contributed by atoms with van der Waals surface area (Å²) < 4.78 is 63.3. The van der Waals surface area contributed by atoms with Crippen molar-refractivity contribution < 1.29 is 31.9 Å². The molecule has 0 aliphatic carbocycles. The molecule has 0 saturated carbocycles. The van der Waals surface area contributed by atoms with Crippen molar-refractivity contribution in [2.24, 2.45) is 0 Å². The third-order valence-electron chi connectivity index (χ3n) is 2.64. The number of carbonyl (C=O) groups is 1. The first kappa shape index (κ1) is 16.4. The normalized spacial score (nSPS) is 13.6. The van der Waals surface area contributed by atoms with Gasteiger partial charge < -0.3 is 5.11 Å². The zero-order valence-electron chi connectivity index (χ0n) is 10.4. The lowest BCUT2D eigenvalue weighted by molar-refractivity contribution is -0.157. The third-order valence-corrected chi connectivity index (χ3v) is 2.64. The molecule has 0 amide bonds. The number of hydrogen-bond acceptors (Lipinski definition) is 2. The van der Waals surface area contributed by atoms with E-state index in [0.717, 1.165) is 12.1 Å². The zero-order valence-corrected chi connectivity index (χ0v) is 10.4. The molecule has 0 aliphatic rings. The van der Waals surface area contributed by atoms with Crippen LogP contribution in [0.25, 0.3) is 0 Å². The predicted octanol–water partition coefficient (Wildman–Crippen LogP) is 2.97. The van der Waals surface area contributed by atoms with Gasteiger partial charge in [-0.2, -0.15) is 13.2 Å². The van der Waals surface area contributed by atoms with Crippen LogP contribution in [0.15, 0.2) is 18.2 Å². The van der Waals surface area contributed by atoms with Gasteiger partial charge in [-0.1, -0.05) is 0 Å². The monoisotopic (exact) mass is 297 g/mol. The van der Waals surface area contributed by atoms with Crippen LogP contribution < -0.4 is 0 Å². The van der Waals surface area contributed by atoms with Crippen molar-refractivity contribution in [1.29, 1.82) is 0 Å². The first-order valence-electron chi connectivity index (χ1n) is 5.57. The van der Waals surface area contributed by atoms with E-state index < -0.39 is 42.9 Å². The number of benzene rings is 1. The summed E-state index contributed by atoms with van der Waals surface area (Å²) in [6.45, 7) is -1.12. The Bertz CT molecular complexity index is 469. The van der Waals surface area contributed by atoms with Crippen molar-refractivity contribution in [1.82, 2.24) is 4.90 Å². The van der Waals surface area contributed by atoms with Gasteiger partial charge in [-0.3, -0.25) is 9.69 Å². The Morgan fingerprint density at radius 3 is 2.15 bits per heavy atom. The summed E-state index contributed by atoms with van der Waals surface area (Å²) in [4.78, 5) is 11.2. The Hall–Kier alpha value is -1.70. The standard InChI is InChI=1S/C12H12F5NO2/c1-7(8-2-9(13)4-10(14)3-8)18(5-11(19)20)6-12(15,16)17/h2-4,7H,5-6H2,1H3,(H,19,20). The molecule has 0 saturated heterocycles. The zero-order chi connectivity index (χ0) is 15.5. The fourth-order valence-electron chi connectivity index (χ4n) is 1.76. The van der Waals surface area contributed by atoms with Crippen LogP contribution in [0.1, 0.15) is 18.5 Å². The number of nitrogens with zero attached hydrogens (tertiary/aromatic N) is 1. The second kappa shape index (κ2) is 6.17. The van der Waals surface area contributed by atoms with Gasteiger partial charge in [0.1, 0.15) is 11.6 Å². The maximum absolute atomic E-state index is 13.1. The second-order valence-corrected chi connectivity index (χ2v) is 4.29. The molecule has 0 fully saturated rings. The molecule has 1 rings (SSSR count). The van der Waals surface area contributed by atoms with Gasteiger partial charge >= 0.3 is 12.1 Å². The van der Waals surface area contributed by atoms with Gasteiger partial charge in [0.2, 0.25) is 0 Å². The molecule has 0 aromatic heterocycles. The van der Waals surface area contributed by atoms with Crippen molar-refractivity contribution in [3.05, 3.63) is 35.4 Å². The van der Waals surface area contributed by atoms with Gasteiger partial charge in [0.05, 0.1) is 13.1 Å². The molecule has 0 radical (unpaired) electrons. The molecule has 0 aliphatic heterocycles. The van der Waals surface area contributed by atoms with E-state index in [1.165, 1.54) is 6.92 Å². The Morgan fingerprint density at radius 1 is 1.25 bits per heavy atom. The summed E-state index contributed by atoms with van der Waals surface area (Å²) in [5.41, 5.74) is -0.0620. The molecule has 20 heavy (non-hydrogen) atoms. The van der Waals surface area contributed by atoms with E-state index in [1.54, 1.807) is 0 Å². The van der Waals surface area contributed by atoms with Gasteiger partial charge in [0, 0.05) is 12.1 Å². The molecule has 0 spiro atoms. The smallest absolute Gasteiger partial charge is 0.401 e. The molecule has 1 aromatic rings. The number of alkyl halides is 3. The van der Waals surface area contributed by atoms with Crippen LogP contribution in [-0.2, 0) is 4.79 Å². The highest BCUT2D eigenvalue weighted by Crippen LogP contribution is 2.26. The molecule has 3 nitrogen and oxygen atoms in total. The quantitative estimate of drug-likeness (QED) is 0.849. The number of hydrogen-bond donors (Lipinski definition) is 1. The average molecular weight is 297 g/mol. The van der Waals surface area contributed by atoms with Crippen molar-refractivity contribution in [3.63, 3.8) is 0 Å². The fraction of sp³-hybridized carbons (Fsp3) is 0.417. The topological polar surface area (TPSA) is 40.5 Å². The summed E-state index contributed by atoms with van der Waals surface area (Å²) in [5.74, 6) is -3.33. The molecule has 112 valence electrons. The van der Waals surface area contributed by atoms with E-state index in [9.17, 15) is 26.7 Å². The van der Waals surface area contributed by atoms with E-state index in [4.69, 9.17) is 5.11 Å². The maximum atomic E-state index is 13.1. The molecule has 1 aromatic carbocycles. The minimum atomic E-state index is -4.62. The number of rotatable bonds is 5. The van der Waals surface area contributed by atoms with Crippen LogP contribution in [0.5, 0.6) is 0 Å². The summed E-state index contributed by atoms with van der Waals surface area (Å²) in [5, 5.41) is 8.63. The van der Waals surface area contributed by atoms with Crippen LogP contribution in [0.3, 0.4) is 0 Å². The van der Waals surface area contributed by atoms with E-state index in [1.807, 2.05) is 0 Å². The SMILES string of the molecule is CC(c1cc(F)cc(F)c1)N(CC(=O)O)CC(F)(F)F. The third kappa shape index (κ3) is 5.12. The highest BCUT2D eigenvalue weighted by Gasteiger charge is 2.34. The summed E-state index contributed by atoms with van der Waals surface area (Å²) in [6.07, 6.45) is -4.62. The lowest BCUT2D eigenvalue weighted by atomic mass is 10.1. The van der Waals surface area contributed by atoms with E-state index in [-0.39, 0.29) is 5.56 Å². The number of carboxylic acids is 1. The minimum Gasteiger partial charge on any atom is -0.480 e. The average Bonchev–Trinajstić information content (AvgIpc) is 2.23. The Balaban J connectivity index is 3.02. The van der Waals surface area contributed by atoms with Crippen LogP contribution in [0.4, 0.5) is 22.0 Å². The number of halogens is 5. The van der Waals surface area contributed by atoms with Crippen LogP contribution >= 0.6 is 0 Å². The van der Waals surface area contributed by atoms with Gasteiger partial charge in [0.15, 0.2) is 0 Å². The number of carboxylic acid groups (broad SMARTS) is 1. The predicted molar refractivity (Wildman–Crippen MR) is 60.0 cm³/mol. The molecular weight excluding hydrogens is 285 g/mol. The van der Waals surface area contributed by atoms with Gasteiger partial charge in [0.25, 0.3) is 0 Å². The van der Waals surface area contributed by atoms with Gasteiger partial charge in [-0.05, 0) is 24.6 Å². The molecule has 1 atom stereocenters. The second-order valence-electron chi connectivity index (χ2n) is 4.29. The highest BCUT2D eigenvalue weighted by atomic mass is 19.4. The first-order chi connectivity index (χ1) is 9.08. The van der Waals surface area contributed by atoms with Crippen molar-refractivity contribution in [2.75, 3.05) is 13.1 Å². The van der Waals surface area contributed by atoms with E-state index in [0.29, 0.717) is 11.0 Å². The summed E-state index contributed by atoms with van der Waals surface area (Å²) in [6, 6.07) is 1.23. The molecular formula is C12H12F5NO2. The van der Waals surface area contributed by atoms with Crippen LogP contribution in [0, 0.1) is 11.6 Å².